The van der Waals surface area contributed by atoms with E-state index in [1.807, 2.05) is 13.8 Å². The van der Waals surface area contributed by atoms with Gasteiger partial charge in [0.15, 0.2) is 5.96 Å². The molecule has 17 nitrogen and oxygen atoms in total. The van der Waals surface area contributed by atoms with E-state index in [0.717, 1.165) is 0 Å². The molecule has 2 aromatic rings. The molecular weight excluding hydrogens is 674 g/mol. The van der Waals surface area contributed by atoms with Crippen LogP contribution >= 0.6 is 0 Å². The number of nitrogens with zero attached hydrogens (tertiary/aromatic N) is 1. The molecule has 17 heteroatoms. The van der Waals surface area contributed by atoms with Gasteiger partial charge in [-0.05, 0) is 61.8 Å². The van der Waals surface area contributed by atoms with Crippen LogP contribution in [-0.2, 0) is 41.6 Å². The Morgan fingerprint density at radius 1 is 0.731 bits per heavy atom. The third-order valence-electron chi connectivity index (χ3n) is 7.74. The number of benzene rings is 2. The molecule has 5 amide bonds. The zero-order valence-electron chi connectivity index (χ0n) is 29.6. The van der Waals surface area contributed by atoms with Crippen molar-refractivity contribution in [2.24, 2.45) is 28.1 Å². The molecule has 0 radical (unpaired) electrons. The smallest absolute Gasteiger partial charge is 0.326 e. The van der Waals surface area contributed by atoms with Crippen LogP contribution in [0.15, 0.2) is 59.6 Å². The monoisotopic (exact) mass is 725 g/mol. The number of carboxylic acid groups (broad SMARTS) is 1. The molecule has 0 spiro atoms. The van der Waals surface area contributed by atoms with E-state index in [4.69, 9.17) is 17.2 Å². The SMILES string of the molecule is CC(C)CC(NC(=O)C(Cc1ccccc1)NC(=O)CNC(=O)[C@H](C)NC(=O)C(N)Cc1ccc(O)cc1)C(=O)N[C@H](CCCN=C(N)N)C(=O)O. The average molecular weight is 726 g/mol. The van der Waals surface area contributed by atoms with Gasteiger partial charge in [-0.15, -0.1) is 0 Å². The summed E-state index contributed by atoms with van der Waals surface area (Å²) in [6.07, 6.45) is 0.679. The third-order valence-corrected chi connectivity index (χ3v) is 7.74. The van der Waals surface area contributed by atoms with Gasteiger partial charge in [-0.1, -0.05) is 56.3 Å². The first-order valence-electron chi connectivity index (χ1n) is 16.9. The van der Waals surface area contributed by atoms with Crippen LogP contribution in [0.25, 0.3) is 0 Å². The Morgan fingerprint density at radius 3 is 1.92 bits per heavy atom. The summed E-state index contributed by atoms with van der Waals surface area (Å²) in [5.41, 5.74) is 18.0. The molecule has 0 saturated carbocycles. The molecule has 2 rings (SSSR count). The average Bonchev–Trinajstić information content (AvgIpc) is 3.08. The number of aliphatic imine (C=N–C) groups is 1. The molecule has 13 N–H and O–H groups in total. The van der Waals surface area contributed by atoms with E-state index in [0.29, 0.717) is 11.1 Å². The lowest BCUT2D eigenvalue weighted by Gasteiger charge is -2.26. The minimum atomic E-state index is -1.27. The van der Waals surface area contributed by atoms with Gasteiger partial charge in [-0.25, -0.2) is 4.79 Å². The van der Waals surface area contributed by atoms with Crippen LogP contribution in [0.1, 0.15) is 51.2 Å². The largest absolute Gasteiger partial charge is 0.508 e. The predicted octanol–water partition coefficient (Wildman–Crippen LogP) is -1.24. The topological polar surface area (TPSA) is 293 Å². The van der Waals surface area contributed by atoms with Gasteiger partial charge in [0.2, 0.25) is 29.5 Å². The first kappa shape index (κ1) is 42.5. The van der Waals surface area contributed by atoms with Gasteiger partial charge in [0.05, 0.1) is 12.6 Å². The minimum Gasteiger partial charge on any atom is -0.508 e. The number of rotatable bonds is 21. The Balaban J connectivity index is 2.06. The van der Waals surface area contributed by atoms with Gasteiger partial charge >= 0.3 is 5.97 Å². The number of carbonyl (C=O) groups is 6. The molecular formula is C35H51N9O8. The molecule has 0 fully saturated rings. The summed E-state index contributed by atoms with van der Waals surface area (Å²) in [4.78, 5) is 80.9. The molecule has 284 valence electrons. The highest BCUT2D eigenvalue weighted by Crippen LogP contribution is 2.12. The summed E-state index contributed by atoms with van der Waals surface area (Å²) < 4.78 is 0. The van der Waals surface area contributed by atoms with Gasteiger partial charge < -0.3 is 54.0 Å². The maximum absolute atomic E-state index is 13.6. The van der Waals surface area contributed by atoms with Crippen LogP contribution in [0.5, 0.6) is 5.75 Å². The number of guanidine groups is 1. The van der Waals surface area contributed by atoms with E-state index < -0.39 is 72.3 Å². The third kappa shape index (κ3) is 15.9. The molecule has 0 heterocycles. The van der Waals surface area contributed by atoms with E-state index in [-0.39, 0.29) is 56.3 Å². The normalized spacial score (nSPS) is 13.7. The molecule has 52 heavy (non-hydrogen) atoms. The Kier molecular flexibility index (Phi) is 17.5. The van der Waals surface area contributed by atoms with Crippen molar-refractivity contribution in [2.75, 3.05) is 13.1 Å². The Hall–Kier alpha value is -5.71. The Bertz CT molecular complexity index is 1530. The number of carbonyl (C=O) groups excluding carboxylic acids is 5. The van der Waals surface area contributed by atoms with Crippen molar-refractivity contribution in [3.63, 3.8) is 0 Å². The molecule has 2 aromatic carbocycles. The van der Waals surface area contributed by atoms with E-state index >= 15 is 0 Å². The molecule has 0 saturated heterocycles. The van der Waals surface area contributed by atoms with Crippen LogP contribution in [0.2, 0.25) is 0 Å². The van der Waals surface area contributed by atoms with Crippen molar-refractivity contribution >= 4 is 41.5 Å². The zero-order chi connectivity index (χ0) is 38.8. The van der Waals surface area contributed by atoms with Crippen LogP contribution in [0, 0.1) is 5.92 Å². The van der Waals surface area contributed by atoms with Gasteiger partial charge in [0.1, 0.15) is 29.9 Å². The second kappa shape index (κ2) is 21.5. The summed E-state index contributed by atoms with van der Waals surface area (Å²) >= 11 is 0. The van der Waals surface area contributed by atoms with Crippen LogP contribution in [0.4, 0.5) is 0 Å². The highest BCUT2D eigenvalue weighted by molar-refractivity contribution is 5.95. The van der Waals surface area contributed by atoms with Crippen molar-refractivity contribution in [2.45, 2.75) is 83.1 Å². The maximum Gasteiger partial charge on any atom is 0.326 e. The van der Waals surface area contributed by atoms with Gasteiger partial charge in [0, 0.05) is 13.0 Å². The van der Waals surface area contributed by atoms with Crippen LogP contribution < -0.4 is 43.8 Å². The first-order valence-corrected chi connectivity index (χ1v) is 16.9. The second-order valence-electron chi connectivity index (χ2n) is 12.8. The molecule has 5 atom stereocenters. The number of phenols is 1. The number of hydrogen-bond donors (Lipinski definition) is 10. The van der Waals surface area contributed by atoms with E-state index in [2.05, 4.69) is 31.6 Å². The number of carboxylic acids is 1. The predicted molar refractivity (Wildman–Crippen MR) is 193 cm³/mol. The lowest BCUT2D eigenvalue weighted by atomic mass is 10.0. The van der Waals surface area contributed by atoms with Crippen LogP contribution in [0.3, 0.4) is 0 Å². The fourth-order valence-electron chi connectivity index (χ4n) is 5.00. The lowest BCUT2D eigenvalue weighted by molar-refractivity contribution is -0.142. The van der Waals surface area contributed by atoms with Crippen molar-refractivity contribution < 1.29 is 39.0 Å². The maximum atomic E-state index is 13.6. The molecule has 0 aliphatic rings. The van der Waals surface area contributed by atoms with E-state index in [9.17, 15) is 39.0 Å². The van der Waals surface area contributed by atoms with Crippen molar-refractivity contribution in [1.82, 2.24) is 26.6 Å². The number of nitrogens with one attached hydrogen (secondary N) is 5. The highest BCUT2D eigenvalue weighted by atomic mass is 16.4. The fraction of sp³-hybridized carbons (Fsp3) is 0.457. The number of aromatic hydroxyl groups is 1. The molecule has 0 bridgehead atoms. The number of nitrogens with two attached hydrogens (primary N) is 3. The van der Waals surface area contributed by atoms with Gasteiger partial charge in [-0.3, -0.25) is 29.0 Å². The van der Waals surface area contributed by atoms with Crippen molar-refractivity contribution in [3.05, 3.63) is 65.7 Å². The van der Waals surface area contributed by atoms with Crippen molar-refractivity contribution in [1.29, 1.82) is 0 Å². The van der Waals surface area contributed by atoms with E-state index in [1.54, 1.807) is 42.5 Å². The first-order chi connectivity index (χ1) is 24.5. The minimum absolute atomic E-state index is 0.0352. The second-order valence-corrected chi connectivity index (χ2v) is 12.8. The molecule has 0 aromatic heterocycles. The molecule has 3 unspecified atom stereocenters. The fourth-order valence-corrected chi connectivity index (χ4v) is 5.00. The Morgan fingerprint density at radius 2 is 1.33 bits per heavy atom. The highest BCUT2D eigenvalue weighted by Gasteiger charge is 2.30. The summed E-state index contributed by atoms with van der Waals surface area (Å²) in [5.74, 6) is -4.83. The Labute approximate surface area is 302 Å². The summed E-state index contributed by atoms with van der Waals surface area (Å²) in [6.45, 7) is 4.71. The van der Waals surface area contributed by atoms with Crippen molar-refractivity contribution in [3.8, 4) is 5.75 Å². The quantitative estimate of drug-likeness (QED) is 0.0413. The zero-order valence-corrected chi connectivity index (χ0v) is 29.6. The number of phenolic OH excluding ortho intramolecular Hbond substituents is 1. The number of amides is 5. The summed E-state index contributed by atoms with van der Waals surface area (Å²) in [5, 5.41) is 31.8. The lowest BCUT2D eigenvalue weighted by Crippen LogP contribution is -2.57. The van der Waals surface area contributed by atoms with Crippen LogP contribution in [-0.4, -0.2) is 95.0 Å². The molecule has 0 aliphatic heterocycles. The van der Waals surface area contributed by atoms with Gasteiger partial charge in [0.25, 0.3) is 0 Å². The number of hydrogen-bond acceptors (Lipinski definition) is 9. The molecule has 0 aliphatic carbocycles. The van der Waals surface area contributed by atoms with Gasteiger partial charge in [-0.2, -0.15) is 0 Å². The van der Waals surface area contributed by atoms with E-state index in [1.165, 1.54) is 19.1 Å². The standard InChI is InChI=1S/C35H51N9O8/c1-20(2)16-27(32(49)43-26(34(51)52)10-7-15-39-35(37)38)44-33(50)28(18-22-8-5-4-6-9-22)42-29(46)19-40-30(47)21(3)41-31(48)25(36)17-23-11-13-24(45)14-12-23/h4-6,8-9,11-14,20-21,25-28,45H,7,10,15-19,36H2,1-3H3,(H,40,47)(H,41,48)(H,42,46)(H,43,49)(H,44,50)(H,51,52)(H4,37,38,39)/t21-,25?,26+,27?,28?/m0/s1. The summed E-state index contributed by atoms with van der Waals surface area (Å²) in [7, 11) is 0. The summed E-state index contributed by atoms with van der Waals surface area (Å²) in [6, 6.07) is 9.37. The number of aliphatic carboxylic acids is 1.